The van der Waals surface area contributed by atoms with Crippen LogP contribution in [-0.4, -0.2) is 49.0 Å². The van der Waals surface area contributed by atoms with Gasteiger partial charge in [-0.15, -0.1) is 0 Å². The van der Waals surface area contributed by atoms with Crippen molar-refractivity contribution in [1.29, 1.82) is 0 Å². The minimum atomic E-state index is -1.07. The Labute approximate surface area is 98.6 Å². The maximum Gasteiger partial charge on any atom is 0.636 e. The Kier molecular flexibility index (Phi) is 12.9. The van der Waals surface area contributed by atoms with Gasteiger partial charge in [0.05, 0.1) is 13.2 Å². The molecule has 0 bridgehead atoms. The van der Waals surface area contributed by atoms with Crippen LogP contribution in [0.2, 0.25) is 0 Å². The van der Waals surface area contributed by atoms with Crippen molar-refractivity contribution in [2.45, 2.75) is 34.1 Å². The van der Waals surface area contributed by atoms with E-state index in [0.717, 1.165) is 6.42 Å². The van der Waals surface area contributed by atoms with Crippen molar-refractivity contribution >= 4 is 7.32 Å². The molecule has 0 unspecified atom stereocenters. The van der Waals surface area contributed by atoms with Crippen molar-refractivity contribution in [2.24, 2.45) is 5.41 Å². The lowest BCUT2D eigenvalue weighted by Gasteiger charge is -2.19. The van der Waals surface area contributed by atoms with E-state index in [-0.39, 0.29) is 18.6 Å². The Balaban J connectivity index is 0. The van der Waals surface area contributed by atoms with E-state index in [1.54, 1.807) is 0 Å². The summed E-state index contributed by atoms with van der Waals surface area (Å²) in [6, 6.07) is 0. The van der Waals surface area contributed by atoms with Gasteiger partial charge < -0.3 is 24.5 Å². The van der Waals surface area contributed by atoms with E-state index in [2.05, 4.69) is 0 Å². The van der Waals surface area contributed by atoms with E-state index < -0.39 is 7.32 Å². The molecular formula is C10H25BO5. The molecule has 0 aromatic rings. The number of rotatable bonds is 6. The molecule has 0 radical (unpaired) electrons. The molecule has 0 aliphatic rings. The van der Waals surface area contributed by atoms with Gasteiger partial charge in [-0.3, -0.25) is 0 Å². The van der Waals surface area contributed by atoms with Crippen LogP contribution in [0.5, 0.6) is 0 Å². The monoisotopic (exact) mass is 236 g/mol. The fourth-order valence-electron chi connectivity index (χ4n) is 0.588. The van der Waals surface area contributed by atoms with Crippen LogP contribution in [0.15, 0.2) is 0 Å². The Morgan fingerprint density at radius 1 is 1.06 bits per heavy atom. The minimum Gasteiger partial charge on any atom is -0.402 e. The second-order valence-electron chi connectivity index (χ2n) is 4.50. The summed E-state index contributed by atoms with van der Waals surface area (Å²) >= 11 is 0. The fourth-order valence-corrected chi connectivity index (χ4v) is 0.588. The lowest BCUT2D eigenvalue weighted by Crippen LogP contribution is -2.28. The highest BCUT2D eigenvalue weighted by atomic mass is 16.7. The van der Waals surface area contributed by atoms with Gasteiger partial charge in [-0.25, -0.2) is 0 Å². The minimum absolute atomic E-state index is 0.0660. The molecule has 0 saturated heterocycles. The Bertz CT molecular complexity index is 136. The van der Waals surface area contributed by atoms with Crippen molar-refractivity contribution in [3.8, 4) is 0 Å². The van der Waals surface area contributed by atoms with Crippen LogP contribution >= 0.6 is 0 Å². The molecule has 0 atom stereocenters. The van der Waals surface area contributed by atoms with E-state index in [4.69, 9.17) is 24.5 Å². The third-order valence-corrected chi connectivity index (χ3v) is 1.22. The van der Waals surface area contributed by atoms with E-state index in [9.17, 15) is 0 Å². The van der Waals surface area contributed by atoms with E-state index >= 15 is 0 Å². The molecule has 16 heavy (non-hydrogen) atoms. The summed E-state index contributed by atoms with van der Waals surface area (Å²) < 4.78 is 9.96. The van der Waals surface area contributed by atoms with E-state index in [0.29, 0.717) is 13.2 Å². The van der Waals surface area contributed by atoms with Crippen LogP contribution in [0.25, 0.3) is 0 Å². The molecule has 0 spiro atoms. The topological polar surface area (TPSA) is 79.2 Å². The van der Waals surface area contributed by atoms with Gasteiger partial charge in [0.25, 0.3) is 0 Å². The molecule has 0 heterocycles. The number of aliphatic hydroxyl groups is 2. The average Bonchev–Trinajstić information content (AvgIpc) is 2.23. The van der Waals surface area contributed by atoms with Crippen LogP contribution < -0.4 is 0 Å². The lowest BCUT2D eigenvalue weighted by atomic mass is 9.98. The smallest absolute Gasteiger partial charge is 0.402 e. The van der Waals surface area contributed by atoms with Gasteiger partial charge in [0, 0.05) is 13.2 Å². The second-order valence-corrected chi connectivity index (χ2v) is 4.50. The van der Waals surface area contributed by atoms with Crippen molar-refractivity contribution < 1.29 is 24.5 Å². The zero-order valence-corrected chi connectivity index (χ0v) is 10.8. The van der Waals surface area contributed by atoms with Gasteiger partial charge in [0.15, 0.2) is 0 Å². The molecule has 98 valence electrons. The average molecular weight is 236 g/mol. The highest BCUT2D eigenvalue weighted by Gasteiger charge is 2.19. The predicted molar refractivity (Wildman–Crippen MR) is 63.8 cm³/mol. The highest BCUT2D eigenvalue weighted by molar-refractivity contribution is 6.34. The zero-order valence-electron chi connectivity index (χ0n) is 10.8. The van der Waals surface area contributed by atoms with Gasteiger partial charge in [0.2, 0.25) is 0 Å². The first-order valence-electron chi connectivity index (χ1n) is 5.50. The van der Waals surface area contributed by atoms with E-state index in [1.165, 1.54) is 0 Å². The molecule has 0 amide bonds. The summed E-state index contributed by atoms with van der Waals surface area (Å²) in [5, 5.41) is 24.3. The SMILES string of the molecule is CCCOB(O)OCC(C)(C)C.OCCO. The second kappa shape index (κ2) is 11.4. The maximum absolute atomic E-state index is 9.10. The van der Waals surface area contributed by atoms with Gasteiger partial charge in [-0.1, -0.05) is 27.7 Å². The van der Waals surface area contributed by atoms with Gasteiger partial charge in [-0.05, 0) is 11.8 Å². The first kappa shape index (κ1) is 18.2. The molecule has 0 rings (SSSR count). The zero-order chi connectivity index (χ0) is 13.0. The predicted octanol–water partition coefficient (Wildman–Crippen LogP) is 0.424. The molecule has 3 N–H and O–H groups in total. The molecular weight excluding hydrogens is 211 g/mol. The van der Waals surface area contributed by atoms with Crippen LogP contribution in [0, 0.1) is 5.41 Å². The summed E-state index contributed by atoms with van der Waals surface area (Å²) in [5.74, 6) is 0. The lowest BCUT2D eigenvalue weighted by molar-refractivity contribution is 0.0950. The quantitative estimate of drug-likeness (QED) is 0.582. The van der Waals surface area contributed by atoms with Crippen molar-refractivity contribution in [3.63, 3.8) is 0 Å². The number of hydrogen-bond donors (Lipinski definition) is 3. The molecule has 0 saturated carbocycles. The Hall–Kier alpha value is -0.135. The Morgan fingerprint density at radius 2 is 1.56 bits per heavy atom. The number of aliphatic hydroxyl groups excluding tert-OH is 2. The normalized spacial score (nSPS) is 10.7. The summed E-state index contributed by atoms with van der Waals surface area (Å²) in [4.78, 5) is 0. The van der Waals surface area contributed by atoms with Gasteiger partial charge >= 0.3 is 7.32 Å². The third-order valence-electron chi connectivity index (χ3n) is 1.22. The van der Waals surface area contributed by atoms with Crippen LogP contribution in [-0.2, 0) is 9.31 Å². The van der Waals surface area contributed by atoms with Gasteiger partial charge in [0.1, 0.15) is 0 Å². The summed E-state index contributed by atoms with van der Waals surface area (Å²) in [5.41, 5.74) is 0.0660. The van der Waals surface area contributed by atoms with Crippen molar-refractivity contribution in [1.82, 2.24) is 0 Å². The van der Waals surface area contributed by atoms with E-state index in [1.807, 2.05) is 27.7 Å². The van der Waals surface area contributed by atoms with Crippen LogP contribution in [0.1, 0.15) is 34.1 Å². The fraction of sp³-hybridized carbons (Fsp3) is 1.00. The molecule has 0 aliphatic heterocycles. The standard InChI is InChI=1S/C8H19BO3.C2H6O2/c1-5-6-11-9(10)12-7-8(2,3)4;3-1-2-4/h10H,5-7H2,1-4H3;3-4H,1-2H2. The van der Waals surface area contributed by atoms with Crippen LogP contribution in [0.3, 0.4) is 0 Å². The molecule has 6 heteroatoms. The first-order chi connectivity index (χ1) is 7.37. The Morgan fingerprint density at radius 3 is 1.88 bits per heavy atom. The largest absolute Gasteiger partial charge is 0.636 e. The van der Waals surface area contributed by atoms with Crippen molar-refractivity contribution in [3.05, 3.63) is 0 Å². The summed E-state index contributed by atoms with van der Waals surface area (Å²) in [6.07, 6.45) is 0.885. The highest BCUT2D eigenvalue weighted by Crippen LogP contribution is 2.13. The third kappa shape index (κ3) is 19.4. The molecule has 0 aromatic heterocycles. The summed E-state index contributed by atoms with van der Waals surface area (Å²) in [7, 11) is -1.07. The van der Waals surface area contributed by atoms with Gasteiger partial charge in [-0.2, -0.15) is 0 Å². The first-order valence-corrected chi connectivity index (χ1v) is 5.50. The molecule has 0 fully saturated rings. The summed E-state index contributed by atoms with van der Waals surface area (Å²) in [6.45, 7) is 8.89. The maximum atomic E-state index is 9.10. The molecule has 0 aromatic carbocycles. The number of hydrogen-bond acceptors (Lipinski definition) is 5. The molecule has 5 nitrogen and oxygen atoms in total. The molecule has 0 aliphatic carbocycles. The van der Waals surface area contributed by atoms with Crippen molar-refractivity contribution in [2.75, 3.05) is 26.4 Å². The van der Waals surface area contributed by atoms with Crippen LogP contribution in [0.4, 0.5) is 0 Å².